The largest absolute Gasteiger partial charge is 0.348 e. The Labute approximate surface area is 123 Å². The molecule has 0 unspecified atom stereocenters. The van der Waals surface area contributed by atoms with Crippen LogP contribution in [0.25, 0.3) is 5.52 Å². The summed E-state index contributed by atoms with van der Waals surface area (Å²) < 4.78 is 2.60. The van der Waals surface area contributed by atoms with Gasteiger partial charge in [0.15, 0.2) is 0 Å². The maximum absolute atomic E-state index is 12.2. The van der Waals surface area contributed by atoms with Crippen molar-refractivity contribution < 1.29 is 4.79 Å². The van der Waals surface area contributed by atoms with Gasteiger partial charge in [-0.15, -0.1) is 0 Å². The number of carbonyl (C=O) groups is 1. The van der Waals surface area contributed by atoms with Crippen LogP contribution in [0.3, 0.4) is 0 Å². The van der Waals surface area contributed by atoms with E-state index in [9.17, 15) is 4.79 Å². The minimum atomic E-state index is -0.163. The number of aromatic nitrogens is 3. The van der Waals surface area contributed by atoms with Crippen molar-refractivity contribution in [2.75, 3.05) is 0 Å². The molecule has 3 rings (SSSR count). The van der Waals surface area contributed by atoms with E-state index in [1.165, 1.54) is 0 Å². The van der Waals surface area contributed by atoms with E-state index < -0.39 is 0 Å². The van der Waals surface area contributed by atoms with Crippen molar-refractivity contribution in [2.24, 2.45) is 0 Å². The predicted octanol–water partition coefficient (Wildman–Crippen LogP) is 2.42. The number of hydrogen-bond donors (Lipinski definition) is 1. The van der Waals surface area contributed by atoms with E-state index in [0.717, 1.165) is 10.0 Å². The van der Waals surface area contributed by atoms with Crippen LogP contribution < -0.4 is 5.32 Å². The molecule has 3 aromatic rings. The summed E-state index contributed by atoms with van der Waals surface area (Å²) in [5.74, 6) is -0.163. The second kappa shape index (κ2) is 5.42. The van der Waals surface area contributed by atoms with E-state index in [1.807, 2.05) is 24.3 Å². The lowest BCUT2D eigenvalue weighted by molar-refractivity contribution is 0.0952. The lowest BCUT2D eigenvalue weighted by Gasteiger charge is -2.06. The molecule has 1 N–H and O–H groups in total. The minimum absolute atomic E-state index is 0.163. The van der Waals surface area contributed by atoms with Crippen LogP contribution in [0.2, 0.25) is 0 Å². The van der Waals surface area contributed by atoms with Crippen molar-refractivity contribution in [2.45, 2.75) is 6.54 Å². The van der Waals surface area contributed by atoms with E-state index in [-0.39, 0.29) is 5.91 Å². The molecule has 2 heterocycles. The normalized spacial score (nSPS) is 10.7. The number of benzene rings is 1. The van der Waals surface area contributed by atoms with Crippen molar-refractivity contribution in [3.63, 3.8) is 0 Å². The summed E-state index contributed by atoms with van der Waals surface area (Å²) in [6, 6.07) is 7.78. The summed E-state index contributed by atoms with van der Waals surface area (Å²) in [6.07, 6.45) is 6.51. The predicted molar refractivity (Wildman–Crippen MR) is 78.3 cm³/mol. The minimum Gasteiger partial charge on any atom is -0.348 e. The molecule has 0 aliphatic heterocycles. The zero-order valence-corrected chi connectivity index (χ0v) is 12.0. The van der Waals surface area contributed by atoms with Crippen molar-refractivity contribution >= 4 is 27.4 Å². The smallest absolute Gasteiger partial charge is 0.255 e. The summed E-state index contributed by atoms with van der Waals surface area (Å²) in [5, 5.41) is 7.00. The Morgan fingerprint density at radius 3 is 3.00 bits per heavy atom. The van der Waals surface area contributed by atoms with Gasteiger partial charge >= 0.3 is 0 Å². The Kier molecular flexibility index (Phi) is 3.47. The lowest BCUT2D eigenvalue weighted by atomic mass is 10.2. The highest BCUT2D eigenvalue weighted by Crippen LogP contribution is 2.16. The SMILES string of the molecule is O=C(NCc1ccccc1Br)c1cnn2ccncc12. The monoisotopic (exact) mass is 330 g/mol. The maximum Gasteiger partial charge on any atom is 0.255 e. The number of rotatable bonds is 3. The van der Waals surface area contributed by atoms with E-state index in [0.29, 0.717) is 17.6 Å². The Morgan fingerprint density at radius 1 is 1.30 bits per heavy atom. The molecule has 6 heteroatoms. The second-order valence-electron chi connectivity index (χ2n) is 4.24. The van der Waals surface area contributed by atoms with E-state index in [4.69, 9.17) is 0 Å². The van der Waals surface area contributed by atoms with Crippen LogP contribution in [0, 0.1) is 0 Å². The highest BCUT2D eigenvalue weighted by molar-refractivity contribution is 9.10. The number of halogens is 1. The van der Waals surface area contributed by atoms with Gasteiger partial charge in [0.25, 0.3) is 5.91 Å². The van der Waals surface area contributed by atoms with Gasteiger partial charge in [-0.25, -0.2) is 4.52 Å². The fourth-order valence-electron chi connectivity index (χ4n) is 1.92. The first kappa shape index (κ1) is 12.8. The molecule has 20 heavy (non-hydrogen) atoms. The third kappa shape index (κ3) is 2.42. The van der Waals surface area contributed by atoms with Crippen LogP contribution in [0.5, 0.6) is 0 Å². The molecule has 0 fully saturated rings. The summed E-state index contributed by atoms with van der Waals surface area (Å²) in [5.41, 5.74) is 2.23. The highest BCUT2D eigenvalue weighted by Gasteiger charge is 2.12. The van der Waals surface area contributed by atoms with Crippen LogP contribution in [-0.2, 0) is 6.54 Å². The molecule has 0 saturated heterocycles. The van der Waals surface area contributed by atoms with Gasteiger partial charge in [-0.05, 0) is 11.6 Å². The first-order valence-corrected chi connectivity index (χ1v) is 6.84. The van der Waals surface area contributed by atoms with Gasteiger partial charge in [0.05, 0.1) is 23.5 Å². The molecule has 0 radical (unpaired) electrons. The molecule has 0 bridgehead atoms. The van der Waals surface area contributed by atoms with E-state index >= 15 is 0 Å². The van der Waals surface area contributed by atoms with Crippen LogP contribution in [0.4, 0.5) is 0 Å². The first-order chi connectivity index (χ1) is 9.75. The topological polar surface area (TPSA) is 59.3 Å². The summed E-state index contributed by atoms with van der Waals surface area (Å²) >= 11 is 3.46. The molecular formula is C14H11BrN4O. The molecule has 0 atom stereocenters. The van der Waals surface area contributed by atoms with Gasteiger partial charge < -0.3 is 5.32 Å². The molecule has 0 saturated carbocycles. The highest BCUT2D eigenvalue weighted by atomic mass is 79.9. The molecular weight excluding hydrogens is 320 g/mol. The molecule has 0 spiro atoms. The van der Waals surface area contributed by atoms with E-state index in [1.54, 1.807) is 29.3 Å². The number of amides is 1. The van der Waals surface area contributed by atoms with Gasteiger partial charge in [0, 0.05) is 23.4 Å². The molecule has 5 nitrogen and oxygen atoms in total. The van der Waals surface area contributed by atoms with E-state index in [2.05, 4.69) is 31.3 Å². The zero-order chi connectivity index (χ0) is 13.9. The summed E-state index contributed by atoms with van der Waals surface area (Å²) in [7, 11) is 0. The third-order valence-corrected chi connectivity index (χ3v) is 3.74. The van der Waals surface area contributed by atoms with Gasteiger partial charge in [-0.3, -0.25) is 9.78 Å². The van der Waals surface area contributed by atoms with Crippen LogP contribution in [-0.4, -0.2) is 20.5 Å². The van der Waals surface area contributed by atoms with Crippen molar-refractivity contribution in [1.29, 1.82) is 0 Å². The lowest BCUT2D eigenvalue weighted by Crippen LogP contribution is -2.22. The quantitative estimate of drug-likeness (QED) is 0.802. The van der Waals surface area contributed by atoms with Crippen LogP contribution >= 0.6 is 15.9 Å². The molecule has 2 aromatic heterocycles. The van der Waals surface area contributed by atoms with Crippen molar-refractivity contribution in [1.82, 2.24) is 19.9 Å². The average molecular weight is 331 g/mol. The zero-order valence-electron chi connectivity index (χ0n) is 10.5. The molecule has 100 valence electrons. The first-order valence-electron chi connectivity index (χ1n) is 6.04. The molecule has 1 aromatic carbocycles. The Balaban J connectivity index is 1.79. The van der Waals surface area contributed by atoms with Crippen LogP contribution in [0.1, 0.15) is 15.9 Å². The number of fused-ring (bicyclic) bond motifs is 1. The third-order valence-electron chi connectivity index (χ3n) is 2.97. The molecule has 0 aliphatic rings. The maximum atomic E-state index is 12.2. The van der Waals surface area contributed by atoms with Gasteiger partial charge in [-0.2, -0.15) is 5.10 Å². The average Bonchev–Trinajstić information content (AvgIpc) is 2.90. The Bertz CT molecular complexity index is 768. The van der Waals surface area contributed by atoms with Crippen LogP contribution in [0.15, 0.2) is 53.5 Å². The number of carbonyl (C=O) groups excluding carboxylic acids is 1. The molecule has 0 aliphatic carbocycles. The second-order valence-corrected chi connectivity index (χ2v) is 5.09. The Hall–Kier alpha value is -2.21. The van der Waals surface area contributed by atoms with Gasteiger partial charge in [0.1, 0.15) is 0 Å². The van der Waals surface area contributed by atoms with Crippen molar-refractivity contribution in [3.05, 3.63) is 64.7 Å². The fourth-order valence-corrected chi connectivity index (χ4v) is 2.35. The Morgan fingerprint density at radius 2 is 2.15 bits per heavy atom. The fraction of sp³-hybridized carbons (Fsp3) is 0.0714. The number of hydrogen-bond acceptors (Lipinski definition) is 3. The summed E-state index contributed by atoms with van der Waals surface area (Å²) in [4.78, 5) is 16.2. The van der Waals surface area contributed by atoms with Gasteiger partial charge in [-0.1, -0.05) is 34.1 Å². The van der Waals surface area contributed by atoms with Crippen molar-refractivity contribution in [3.8, 4) is 0 Å². The summed E-state index contributed by atoms with van der Waals surface area (Å²) in [6.45, 7) is 0.456. The number of nitrogens with one attached hydrogen (secondary N) is 1. The molecule has 1 amide bonds. The number of nitrogens with zero attached hydrogens (tertiary/aromatic N) is 3. The standard InChI is InChI=1S/C14H11BrN4O/c15-12-4-2-1-3-10(12)7-17-14(20)11-8-18-19-6-5-16-9-13(11)19/h1-6,8-9H,7H2,(H,17,20). The van der Waals surface area contributed by atoms with Gasteiger partial charge in [0.2, 0.25) is 0 Å².